The number of carbonyl (C=O) groups excluding carboxylic acids is 1. The summed E-state index contributed by atoms with van der Waals surface area (Å²) in [6, 6.07) is 9.86. The molecule has 0 aromatic heterocycles. The summed E-state index contributed by atoms with van der Waals surface area (Å²) in [5.41, 5.74) is 1.70. The molecule has 100 valence electrons. The number of rotatable bonds is 5. The van der Waals surface area contributed by atoms with Crippen LogP contribution in [0.5, 0.6) is 0 Å². The zero-order chi connectivity index (χ0) is 13.8. The lowest BCUT2D eigenvalue weighted by molar-refractivity contribution is -0.125. The molecule has 1 N–H and O–H groups in total. The van der Waals surface area contributed by atoms with Gasteiger partial charge in [0.25, 0.3) is 0 Å². The SMILES string of the molecule is CC(C(=O)NC1CC1)N(C)Cc1cccc(C#N)c1. The zero-order valence-electron chi connectivity index (χ0n) is 11.4. The molecule has 1 aliphatic carbocycles. The lowest BCUT2D eigenvalue weighted by atomic mass is 10.1. The molecule has 1 unspecified atom stereocenters. The van der Waals surface area contributed by atoms with Crippen LogP contribution in [-0.2, 0) is 11.3 Å². The molecule has 1 aromatic rings. The molecule has 1 fully saturated rings. The quantitative estimate of drug-likeness (QED) is 0.872. The summed E-state index contributed by atoms with van der Waals surface area (Å²) in [5.74, 6) is 0.0847. The Morgan fingerprint density at radius 1 is 1.58 bits per heavy atom. The van der Waals surface area contributed by atoms with Crippen LogP contribution >= 0.6 is 0 Å². The van der Waals surface area contributed by atoms with Gasteiger partial charge in [-0.3, -0.25) is 9.69 Å². The van der Waals surface area contributed by atoms with E-state index in [1.807, 2.05) is 37.1 Å². The van der Waals surface area contributed by atoms with Crippen molar-refractivity contribution in [1.29, 1.82) is 5.26 Å². The minimum absolute atomic E-state index is 0.0847. The molecule has 0 heterocycles. The highest BCUT2D eigenvalue weighted by molar-refractivity contribution is 5.81. The maximum absolute atomic E-state index is 11.9. The standard InChI is InChI=1S/C15H19N3O/c1-11(15(19)17-14-6-7-14)18(2)10-13-5-3-4-12(8-13)9-16/h3-5,8,11,14H,6-7,10H2,1-2H3,(H,17,19). The third kappa shape index (κ3) is 3.80. The van der Waals surface area contributed by atoms with Gasteiger partial charge in [-0.1, -0.05) is 12.1 Å². The number of amides is 1. The summed E-state index contributed by atoms with van der Waals surface area (Å²) in [6.07, 6.45) is 2.21. The van der Waals surface area contributed by atoms with E-state index in [9.17, 15) is 4.79 Å². The van der Waals surface area contributed by atoms with Gasteiger partial charge >= 0.3 is 0 Å². The van der Waals surface area contributed by atoms with Crippen molar-refractivity contribution in [1.82, 2.24) is 10.2 Å². The molecule has 4 heteroatoms. The van der Waals surface area contributed by atoms with Gasteiger partial charge in [0.15, 0.2) is 0 Å². The van der Waals surface area contributed by atoms with Crippen molar-refractivity contribution in [2.75, 3.05) is 7.05 Å². The Hall–Kier alpha value is -1.86. The van der Waals surface area contributed by atoms with Gasteiger partial charge in [-0.15, -0.1) is 0 Å². The first-order valence-electron chi connectivity index (χ1n) is 6.60. The summed E-state index contributed by atoms with van der Waals surface area (Å²) in [4.78, 5) is 13.9. The van der Waals surface area contributed by atoms with Crippen molar-refractivity contribution >= 4 is 5.91 Å². The number of likely N-dealkylation sites (N-methyl/N-ethyl adjacent to an activating group) is 1. The fourth-order valence-corrected chi connectivity index (χ4v) is 1.91. The second-order valence-corrected chi connectivity index (χ2v) is 5.19. The van der Waals surface area contributed by atoms with E-state index in [-0.39, 0.29) is 11.9 Å². The lowest BCUT2D eigenvalue weighted by Gasteiger charge is -2.24. The second kappa shape index (κ2) is 5.85. The van der Waals surface area contributed by atoms with Crippen LogP contribution < -0.4 is 5.32 Å². The Morgan fingerprint density at radius 2 is 2.32 bits per heavy atom. The monoisotopic (exact) mass is 257 g/mol. The highest BCUT2D eigenvalue weighted by Crippen LogP contribution is 2.19. The van der Waals surface area contributed by atoms with E-state index in [2.05, 4.69) is 11.4 Å². The highest BCUT2D eigenvalue weighted by Gasteiger charge is 2.27. The van der Waals surface area contributed by atoms with E-state index < -0.39 is 0 Å². The molecular formula is C15H19N3O. The van der Waals surface area contributed by atoms with Gasteiger partial charge in [-0.05, 0) is 44.5 Å². The summed E-state index contributed by atoms with van der Waals surface area (Å²) < 4.78 is 0. The Labute approximate surface area is 114 Å². The number of hydrogen-bond donors (Lipinski definition) is 1. The molecule has 0 bridgehead atoms. The number of benzene rings is 1. The first-order valence-corrected chi connectivity index (χ1v) is 6.60. The van der Waals surface area contributed by atoms with E-state index >= 15 is 0 Å². The van der Waals surface area contributed by atoms with Crippen LogP contribution in [-0.4, -0.2) is 29.9 Å². The van der Waals surface area contributed by atoms with Crippen molar-refractivity contribution in [3.63, 3.8) is 0 Å². The van der Waals surface area contributed by atoms with Crippen LogP contribution in [0.15, 0.2) is 24.3 Å². The van der Waals surface area contributed by atoms with E-state index in [4.69, 9.17) is 5.26 Å². The van der Waals surface area contributed by atoms with Gasteiger partial charge in [-0.25, -0.2) is 0 Å². The minimum Gasteiger partial charge on any atom is -0.352 e. The topological polar surface area (TPSA) is 56.1 Å². The second-order valence-electron chi connectivity index (χ2n) is 5.19. The molecule has 1 amide bonds. The smallest absolute Gasteiger partial charge is 0.237 e. The number of hydrogen-bond acceptors (Lipinski definition) is 3. The van der Waals surface area contributed by atoms with Gasteiger partial charge in [0.1, 0.15) is 0 Å². The summed E-state index contributed by atoms with van der Waals surface area (Å²) >= 11 is 0. The molecular weight excluding hydrogens is 238 g/mol. The molecule has 0 radical (unpaired) electrons. The summed E-state index contributed by atoms with van der Waals surface area (Å²) in [6.45, 7) is 2.57. The Bertz CT molecular complexity index is 502. The van der Waals surface area contributed by atoms with E-state index in [1.165, 1.54) is 0 Å². The molecule has 2 rings (SSSR count). The van der Waals surface area contributed by atoms with Crippen molar-refractivity contribution in [3.8, 4) is 6.07 Å². The third-order valence-electron chi connectivity index (χ3n) is 3.45. The molecule has 1 saturated carbocycles. The van der Waals surface area contributed by atoms with Gasteiger partial charge in [0.2, 0.25) is 5.91 Å². The summed E-state index contributed by atoms with van der Waals surface area (Å²) in [7, 11) is 1.93. The van der Waals surface area contributed by atoms with Crippen LogP contribution in [0, 0.1) is 11.3 Å². The van der Waals surface area contributed by atoms with Crippen LogP contribution in [0.1, 0.15) is 30.9 Å². The van der Waals surface area contributed by atoms with Crippen LogP contribution in [0.3, 0.4) is 0 Å². The Kier molecular flexibility index (Phi) is 4.18. The van der Waals surface area contributed by atoms with E-state index in [0.29, 0.717) is 18.2 Å². The number of nitriles is 1. The molecule has 0 saturated heterocycles. The maximum Gasteiger partial charge on any atom is 0.237 e. The highest BCUT2D eigenvalue weighted by atomic mass is 16.2. The average Bonchev–Trinajstić information content (AvgIpc) is 3.21. The van der Waals surface area contributed by atoms with Gasteiger partial charge in [0, 0.05) is 12.6 Å². The predicted octanol–water partition coefficient (Wildman–Crippen LogP) is 1.66. The number of nitrogens with one attached hydrogen (secondary N) is 1. The predicted molar refractivity (Wildman–Crippen MR) is 73.3 cm³/mol. The molecule has 1 aliphatic rings. The maximum atomic E-state index is 11.9. The minimum atomic E-state index is -0.161. The van der Waals surface area contributed by atoms with Crippen molar-refractivity contribution in [3.05, 3.63) is 35.4 Å². The van der Waals surface area contributed by atoms with Crippen molar-refractivity contribution in [2.24, 2.45) is 0 Å². The van der Waals surface area contributed by atoms with Crippen LogP contribution in [0.25, 0.3) is 0 Å². The molecule has 4 nitrogen and oxygen atoms in total. The first-order chi connectivity index (χ1) is 9.10. The Balaban J connectivity index is 1.93. The van der Waals surface area contributed by atoms with Gasteiger partial charge in [-0.2, -0.15) is 5.26 Å². The van der Waals surface area contributed by atoms with E-state index in [0.717, 1.165) is 18.4 Å². The van der Waals surface area contributed by atoms with Crippen molar-refractivity contribution < 1.29 is 4.79 Å². The van der Waals surface area contributed by atoms with Crippen molar-refractivity contribution in [2.45, 2.75) is 38.4 Å². The largest absolute Gasteiger partial charge is 0.352 e. The average molecular weight is 257 g/mol. The van der Waals surface area contributed by atoms with Gasteiger partial charge in [0.05, 0.1) is 17.7 Å². The fourth-order valence-electron chi connectivity index (χ4n) is 1.91. The lowest BCUT2D eigenvalue weighted by Crippen LogP contribution is -2.43. The molecule has 1 aromatic carbocycles. The van der Waals surface area contributed by atoms with Crippen LogP contribution in [0.4, 0.5) is 0 Å². The number of carbonyl (C=O) groups is 1. The normalized spacial score (nSPS) is 15.9. The molecule has 1 atom stereocenters. The molecule has 19 heavy (non-hydrogen) atoms. The van der Waals surface area contributed by atoms with Gasteiger partial charge < -0.3 is 5.32 Å². The number of nitrogens with zero attached hydrogens (tertiary/aromatic N) is 2. The Morgan fingerprint density at radius 3 is 2.95 bits per heavy atom. The first kappa shape index (κ1) is 13.6. The zero-order valence-corrected chi connectivity index (χ0v) is 11.4. The third-order valence-corrected chi connectivity index (χ3v) is 3.45. The fraction of sp³-hybridized carbons (Fsp3) is 0.467. The summed E-state index contributed by atoms with van der Waals surface area (Å²) in [5, 5.41) is 11.9. The molecule has 0 spiro atoms. The van der Waals surface area contributed by atoms with E-state index in [1.54, 1.807) is 6.07 Å². The molecule has 0 aliphatic heterocycles. The van der Waals surface area contributed by atoms with Crippen LogP contribution in [0.2, 0.25) is 0 Å².